The van der Waals surface area contributed by atoms with Gasteiger partial charge >= 0.3 is 5.97 Å². The topological polar surface area (TPSA) is 43.4 Å². The lowest BCUT2D eigenvalue weighted by Crippen LogP contribution is -2.16. The van der Waals surface area contributed by atoms with Crippen LogP contribution in [0.4, 0.5) is 0 Å². The number of hydrogen-bond donors (Lipinski definition) is 0. The summed E-state index contributed by atoms with van der Waals surface area (Å²) in [5.41, 5.74) is 0. The molecule has 0 saturated heterocycles. The molecule has 1 aliphatic carbocycles. The molecular weight excluding hydrogens is 204 g/mol. The van der Waals surface area contributed by atoms with E-state index in [1.165, 1.54) is 6.92 Å². The molecule has 1 aliphatic rings. The van der Waals surface area contributed by atoms with Crippen LogP contribution >= 0.6 is 0 Å². The van der Waals surface area contributed by atoms with Crippen molar-refractivity contribution in [2.45, 2.75) is 70.8 Å². The van der Waals surface area contributed by atoms with Gasteiger partial charge in [0.25, 0.3) is 0 Å². The van der Waals surface area contributed by atoms with Gasteiger partial charge in [0.2, 0.25) is 0 Å². The van der Waals surface area contributed by atoms with Gasteiger partial charge in [-0.05, 0) is 32.1 Å². The quantitative estimate of drug-likeness (QED) is 0.645. The van der Waals surface area contributed by atoms with Crippen LogP contribution < -0.4 is 0 Å². The first kappa shape index (κ1) is 13.2. The number of carbonyl (C=O) groups is 2. The molecule has 1 saturated carbocycles. The summed E-state index contributed by atoms with van der Waals surface area (Å²) in [5.74, 6) is 0.162. The van der Waals surface area contributed by atoms with Crippen LogP contribution in [0.2, 0.25) is 0 Å². The average Bonchev–Trinajstić information content (AvgIpc) is 2.24. The van der Waals surface area contributed by atoms with Gasteiger partial charge in [-0.15, -0.1) is 0 Å². The number of hydrogen-bond acceptors (Lipinski definition) is 3. The Morgan fingerprint density at radius 2 is 1.69 bits per heavy atom. The maximum Gasteiger partial charge on any atom is 0.302 e. The number of Topliss-reactive ketones (excluding diaryl/α,β-unsaturated/α-hetero) is 1. The lowest BCUT2D eigenvalue weighted by atomic mass is 10.1. The molecule has 1 unspecified atom stereocenters. The summed E-state index contributed by atoms with van der Waals surface area (Å²) < 4.78 is 5.25. The summed E-state index contributed by atoms with van der Waals surface area (Å²) in [4.78, 5) is 22.3. The van der Waals surface area contributed by atoms with E-state index >= 15 is 0 Å². The normalized spacial score (nSPS) is 24.6. The Labute approximate surface area is 97.5 Å². The molecule has 3 nitrogen and oxygen atoms in total. The number of esters is 1. The van der Waals surface area contributed by atoms with Crippen LogP contribution in [0.1, 0.15) is 64.7 Å². The molecule has 0 spiro atoms. The minimum Gasteiger partial charge on any atom is -0.463 e. The molecule has 0 aliphatic heterocycles. The van der Waals surface area contributed by atoms with Gasteiger partial charge in [0.1, 0.15) is 11.9 Å². The average molecular weight is 226 g/mol. The molecule has 0 amide bonds. The zero-order valence-electron chi connectivity index (χ0n) is 10.2. The molecule has 0 N–H and O–H groups in total. The first-order valence-electron chi connectivity index (χ1n) is 6.37. The first-order valence-corrected chi connectivity index (χ1v) is 6.37. The van der Waals surface area contributed by atoms with Gasteiger partial charge in [0, 0.05) is 19.8 Å². The predicted octanol–water partition coefficient (Wildman–Crippen LogP) is 3.01. The Bertz CT molecular complexity index is 235. The Hall–Kier alpha value is -0.860. The molecule has 0 aromatic carbocycles. The molecular formula is C13H22O3. The van der Waals surface area contributed by atoms with Gasteiger partial charge in [-0.1, -0.05) is 12.8 Å². The van der Waals surface area contributed by atoms with Crippen LogP contribution in [-0.4, -0.2) is 17.9 Å². The van der Waals surface area contributed by atoms with Crippen LogP contribution in [0.5, 0.6) is 0 Å². The van der Waals surface area contributed by atoms with E-state index in [4.69, 9.17) is 4.74 Å². The minimum atomic E-state index is -0.203. The fourth-order valence-corrected chi connectivity index (χ4v) is 2.20. The van der Waals surface area contributed by atoms with E-state index in [1.807, 2.05) is 0 Å². The summed E-state index contributed by atoms with van der Waals surface area (Å²) in [7, 11) is 0. The second kappa shape index (κ2) is 7.42. The lowest BCUT2D eigenvalue weighted by molar-refractivity contribution is -0.147. The number of carbonyl (C=O) groups excluding carboxylic acids is 2. The molecule has 3 heteroatoms. The van der Waals surface area contributed by atoms with Crippen LogP contribution in [-0.2, 0) is 14.3 Å². The van der Waals surface area contributed by atoms with Crippen LogP contribution in [0.15, 0.2) is 0 Å². The van der Waals surface area contributed by atoms with Crippen molar-refractivity contribution in [1.29, 1.82) is 0 Å². The summed E-state index contributed by atoms with van der Waals surface area (Å²) in [6.45, 7) is 1.45. The van der Waals surface area contributed by atoms with E-state index < -0.39 is 0 Å². The molecule has 0 heterocycles. The van der Waals surface area contributed by atoms with Crippen molar-refractivity contribution in [3.05, 3.63) is 0 Å². The Morgan fingerprint density at radius 1 is 1.06 bits per heavy atom. The van der Waals surface area contributed by atoms with E-state index in [2.05, 4.69) is 0 Å². The van der Waals surface area contributed by atoms with E-state index in [0.717, 1.165) is 51.4 Å². The maximum atomic E-state index is 11.4. The lowest BCUT2D eigenvalue weighted by Gasteiger charge is -2.16. The van der Waals surface area contributed by atoms with E-state index in [1.54, 1.807) is 0 Å². The van der Waals surface area contributed by atoms with Crippen molar-refractivity contribution in [2.24, 2.45) is 0 Å². The van der Waals surface area contributed by atoms with Crippen molar-refractivity contribution in [3.8, 4) is 0 Å². The van der Waals surface area contributed by atoms with Crippen molar-refractivity contribution < 1.29 is 14.3 Å². The van der Waals surface area contributed by atoms with Crippen molar-refractivity contribution in [1.82, 2.24) is 0 Å². The highest BCUT2D eigenvalue weighted by atomic mass is 16.5. The molecule has 92 valence electrons. The maximum absolute atomic E-state index is 11.4. The number of rotatable bonds is 1. The second-order valence-electron chi connectivity index (χ2n) is 4.62. The summed E-state index contributed by atoms with van der Waals surface area (Å²) >= 11 is 0. The Balaban J connectivity index is 2.38. The third-order valence-electron chi connectivity index (χ3n) is 3.05. The van der Waals surface area contributed by atoms with Gasteiger partial charge < -0.3 is 4.74 Å². The van der Waals surface area contributed by atoms with Crippen LogP contribution in [0, 0.1) is 0 Å². The van der Waals surface area contributed by atoms with E-state index in [0.29, 0.717) is 12.2 Å². The third kappa shape index (κ3) is 5.89. The van der Waals surface area contributed by atoms with Gasteiger partial charge in [0.05, 0.1) is 0 Å². The second-order valence-corrected chi connectivity index (χ2v) is 4.62. The van der Waals surface area contributed by atoms with Gasteiger partial charge in [0.15, 0.2) is 0 Å². The van der Waals surface area contributed by atoms with Gasteiger partial charge in [-0.3, -0.25) is 9.59 Å². The molecule has 0 bridgehead atoms. The molecule has 0 radical (unpaired) electrons. The molecule has 0 aromatic heterocycles. The van der Waals surface area contributed by atoms with Crippen molar-refractivity contribution in [3.63, 3.8) is 0 Å². The van der Waals surface area contributed by atoms with E-state index in [-0.39, 0.29) is 12.1 Å². The highest BCUT2D eigenvalue weighted by molar-refractivity contribution is 5.78. The zero-order valence-corrected chi connectivity index (χ0v) is 10.2. The fraction of sp³-hybridized carbons (Fsp3) is 0.846. The number of ketones is 1. The summed E-state index contributed by atoms with van der Waals surface area (Å²) in [5, 5.41) is 0. The summed E-state index contributed by atoms with van der Waals surface area (Å²) in [6, 6.07) is 0. The SMILES string of the molecule is CC(=O)OC1CCCCCCC(=O)CCC1. The largest absolute Gasteiger partial charge is 0.463 e. The molecule has 1 rings (SSSR count). The molecule has 1 fully saturated rings. The first-order chi connectivity index (χ1) is 7.68. The van der Waals surface area contributed by atoms with Crippen LogP contribution in [0.25, 0.3) is 0 Å². The van der Waals surface area contributed by atoms with Crippen molar-refractivity contribution >= 4 is 11.8 Å². The molecule has 16 heavy (non-hydrogen) atoms. The van der Waals surface area contributed by atoms with Crippen LogP contribution in [0.3, 0.4) is 0 Å². The highest BCUT2D eigenvalue weighted by Gasteiger charge is 2.13. The fourth-order valence-electron chi connectivity index (χ4n) is 2.20. The molecule has 0 aromatic rings. The predicted molar refractivity (Wildman–Crippen MR) is 62.1 cm³/mol. The highest BCUT2D eigenvalue weighted by Crippen LogP contribution is 2.17. The smallest absolute Gasteiger partial charge is 0.302 e. The van der Waals surface area contributed by atoms with Gasteiger partial charge in [-0.2, -0.15) is 0 Å². The minimum absolute atomic E-state index is 0.0309. The third-order valence-corrected chi connectivity index (χ3v) is 3.05. The van der Waals surface area contributed by atoms with Crippen molar-refractivity contribution in [2.75, 3.05) is 0 Å². The summed E-state index contributed by atoms with van der Waals surface area (Å²) in [6.07, 6.45) is 8.46. The Kier molecular flexibility index (Phi) is 6.12. The molecule has 1 atom stereocenters. The number of ether oxygens (including phenoxy) is 1. The standard InChI is InChI=1S/C13H22O3/c1-11(14)16-13-9-5-3-2-4-7-12(15)8-6-10-13/h13H,2-10H2,1H3. The van der Waals surface area contributed by atoms with Gasteiger partial charge in [-0.25, -0.2) is 0 Å². The monoisotopic (exact) mass is 226 g/mol. The Morgan fingerprint density at radius 3 is 2.44 bits per heavy atom. The van der Waals surface area contributed by atoms with E-state index in [9.17, 15) is 9.59 Å². The zero-order chi connectivity index (χ0) is 11.8.